The molecule has 0 radical (unpaired) electrons. The largest absolute Gasteiger partial charge is 0.323 e. The highest BCUT2D eigenvalue weighted by atomic mass is 16.5. The van der Waals surface area contributed by atoms with Crippen molar-refractivity contribution in [1.82, 2.24) is 0 Å². The van der Waals surface area contributed by atoms with E-state index in [0.717, 1.165) is 6.61 Å². The number of hydrogen-bond acceptors (Lipinski definition) is 1. The molecule has 138 valence electrons. The molecule has 0 aliphatic heterocycles. The Morgan fingerprint density at radius 3 is 1.67 bits per heavy atom. The fourth-order valence-corrected chi connectivity index (χ4v) is 3.28. The van der Waals surface area contributed by atoms with Crippen LogP contribution in [-0.4, -0.2) is 6.61 Å². The van der Waals surface area contributed by atoms with Crippen LogP contribution in [0.5, 0.6) is 0 Å². The molecular weight excluding hydrogens is 294 g/mol. The molecule has 0 aliphatic rings. The molecule has 0 bridgehead atoms. The van der Waals surface area contributed by atoms with Crippen molar-refractivity contribution in [2.75, 3.05) is 6.61 Å². The number of ether oxygens (including phenoxy) is 1. The molecule has 0 unspecified atom stereocenters. The van der Waals surface area contributed by atoms with E-state index in [0.29, 0.717) is 6.73 Å². The van der Waals surface area contributed by atoms with Gasteiger partial charge in [-0.2, -0.15) is 4.57 Å². The highest BCUT2D eigenvalue weighted by molar-refractivity contribution is 5.11. The van der Waals surface area contributed by atoms with Crippen LogP contribution < -0.4 is 4.57 Å². The van der Waals surface area contributed by atoms with Crippen LogP contribution >= 0.6 is 0 Å². The van der Waals surface area contributed by atoms with Gasteiger partial charge in [0.15, 0.2) is 12.4 Å². The second-order valence-corrected chi connectivity index (χ2v) is 7.33. The van der Waals surface area contributed by atoms with Crippen LogP contribution in [0.1, 0.15) is 95.1 Å². The molecule has 0 atom stereocenters. The minimum atomic E-state index is 0.681. The number of aryl methyl sites for hydroxylation is 2. The zero-order valence-electron chi connectivity index (χ0n) is 16.5. The maximum atomic E-state index is 5.78. The zero-order chi connectivity index (χ0) is 17.5. The van der Waals surface area contributed by atoms with Crippen molar-refractivity contribution < 1.29 is 9.30 Å². The van der Waals surface area contributed by atoms with Crippen molar-refractivity contribution in [1.29, 1.82) is 0 Å². The summed E-state index contributed by atoms with van der Waals surface area (Å²) in [5.74, 6) is 0. The van der Waals surface area contributed by atoms with Crippen LogP contribution in [0.2, 0.25) is 0 Å². The Bertz CT molecular complexity index is 396. The normalized spacial score (nSPS) is 11.1. The second kappa shape index (κ2) is 14.5. The Morgan fingerprint density at radius 2 is 1.17 bits per heavy atom. The number of nitrogens with zero attached hydrogens (tertiary/aromatic N) is 1. The lowest BCUT2D eigenvalue weighted by Crippen LogP contribution is -2.35. The topological polar surface area (TPSA) is 13.1 Å². The molecule has 2 nitrogen and oxygen atoms in total. The lowest BCUT2D eigenvalue weighted by atomic mass is 10.1. The SMILES string of the molecule is CCCCCCCCCCCCCCOC[n+]1cc(C)cc(C)c1. The molecule has 1 rings (SSSR count). The summed E-state index contributed by atoms with van der Waals surface area (Å²) in [6, 6.07) is 2.20. The third-order valence-electron chi connectivity index (χ3n) is 4.58. The fourth-order valence-electron chi connectivity index (χ4n) is 3.28. The average Bonchev–Trinajstić information content (AvgIpc) is 2.54. The minimum absolute atomic E-state index is 0.681. The Balaban J connectivity index is 1.84. The number of aromatic nitrogens is 1. The first-order chi connectivity index (χ1) is 11.7. The number of pyridine rings is 1. The Hall–Kier alpha value is -0.890. The molecule has 1 aromatic heterocycles. The quantitative estimate of drug-likeness (QED) is 0.272. The van der Waals surface area contributed by atoms with Gasteiger partial charge < -0.3 is 4.74 Å². The molecule has 0 aliphatic carbocycles. The van der Waals surface area contributed by atoms with Crippen LogP contribution in [0.4, 0.5) is 0 Å². The summed E-state index contributed by atoms with van der Waals surface area (Å²) >= 11 is 0. The van der Waals surface area contributed by atoms with Gasteiger partial charge in [-0.1, -0.05) is 77.6 Å². The first-order valence-corrected chi connectivity index (χ1v) is 10.3. The lowest BCUT2D eigenvalue weighted by Gasteiger charge is -2.04. The number of hydrogen-bond donors (Lipinski definition) is 0. The Labute approximate surface area is 150 Å². The van der Waals surface area contributed by atoms with Crippen molar-refractivity contribution in [3.05, 3.63) is 29.6 Å². The van der Waals surface area contributed by atoms with Gasteiger partial charge in [0.1, 0.15) is 0 Å². The molecule has 0 fully saturated rings. The standard InChI is InChI=1S/C22H40NO/c1-4-5-6-7-8-9-10-11-12-13-14-15-16-24-20-23-18-21(2)17-22(3)19-23/h17-19H,4-16,20H2,1-3H3/q+1. The van der Waals surface area contributed by atoms with Crippen LogP contribution in [0.15, 0.2) is 18.5 Å². The van der Waals surface area contributed by atoms with Crippen LogP contribution in [0.3, 0.4) is 0 Å². The molecule has 0 N–H and O–H groups in total. The summed E-state index contributed by atoms with van der Waals surface area (Å²) in [7, 11) is 0. The van der Waals surface area contributed by atoms with E-state index >= 15 is 0 Å². The summed E-state index contributed by atoms with van der Waals surface area (Å²) < 4.78 is 7.93. The molecule has 24 heavy (non-hydrogen) atoms. The van der Waals surface area contributed by atoms with Gasteiger partial charge in [-0.3, -0.25) is 0 Å². The van der Waals surface area contributed by atoms with Crippen molar-refractivity contribution in [3.63, 3.8) is 0 Å². The predicted octanol–water partition coefficient (Wildman–Crippen LogP) is 6.27. The molecular formula is C22H40NO+. The van der Waals surface area contributed by atoms with E-state index in [9.17, 15) is 0 Å². The zero-order valence-corrected chi connectivity index (χ0v) is 16.5. The number of unbranched alkanes of at least 4 members (excludes halogenated alkanes) is 11. The van der Waals surface area contributed by atoms with E-state index in [-0.39, 0.29) is 0 Å². The molecule has 1 aromatic rings. The maximum Gasteiger partial charge on any atom is 0.252 e. The molecule has 0 aromatic carbocycles. The van der Waals surface area contributed by atoms with E-state index in [2.05, 4.69) is 43.8 Å². The van der Waals surface area contributed by atoms with Gasteiger partial charge in [0.2, 0.25) is 0 Å². The van der Waals surface area contributed by atoms with E-state index in [4.69, 9.17) is 4.74 Å². The van der Waals surface area contributed by atoms with Crippen molar-refractivity contribution in [2.45, 2.75) is 105 Å². The first kappa shape index (κ1) is 21.2. The number of rotatable bonds is 15. The van der Waals surface area contributed by atoms with E-state index in [1.54, 1.807) is 0 Å². The molecule has 0 saturated carbocycles. The van der Waals surface area contributed by atoms with Crippen LogP contribution in [-0.2, 0) is 11.5 Å². The van der Waals surface area contributed by atoms with E-state index in [1.807, 2.05) is 0 Å². The van der Waals surface area contributed by atoms with Crippen molar-refractivity contribution >= 4 is 0 Å². The average molecular weight is 335 g/mol. The first-order valence-electron chi connectivity index (χ1n) is 10.3. The van der Waals surface area contributed by atoms with Gasteiger partial charge in [-0.25, -0.2) is 0 Å². The van der Waals surface area contributed by atoms with E-state index in [1.165, 1.54) is 88.2 Å². The van der Waals surface area contributed by atoms with E-state index < -0.39 is 0 Å². The molecule has 0 amide bonds. The van der Waals surface area contributed by atoms with Gasteiger partial charge in [-0.05, 0) is 26.3 Å². The molecule has 2 heteroatoms. The summed E-state index contributed by atoms with van der Waals surface area (Å²) in [6.45, 7) is 8.12. The second-order valence-electron chi connectivity index (χ2n) is 7.33. The van der Waals surface area contributed by atoms with Crippen molar-refractivity contribution in [3.8, 4) is 0 Å². The molecule has 0 spiro atoms. The lowest BCUT2D eigenvalue weighted by molar-refractivity contribution is -0.733. The third kappa shape index (κ3) is 11.6. The highest BCUT2D eigenvalue weighted by Gasteiger charge is 2.02. The predicted molar refractivity (Wildman–Crippen MR) is 103 cm³/mol. The van der Waals surface area contributed by atoms with Crippen LogP contribution in [0, 0.1) is 13.8 Å². The summed E-state index contributed by atoms with van der Waals surface area (Å²) in [4.78, 5) is 0. The molecule has 1 heterocycles. The van der Waals surface area contributed by atoms with Gasteiger partial charge in [0.25, 0.3) is 6.73 Å². The summed E-state index contributed by atoms with van der Waals surface area (Å²) in [6.07, 6.45) is 21.0. The van der Waals surface area contributed by atoms with Gasteiger partial charge in [0.05, 0.1) is 6.61 Å². The third-order valence-corrected chi connectivity index (χ3v) is 4.58. The van der Waals surface area contributed by atoms with Crippen molar-refractivity contribution in [2.24, 2.45) is 0 Å². The highest BCUT2D eigenvalue weighted by Crippen LogP contribution is 2.11. The summed E-state index contributed by atoms with van der Waals surface area (Å²) in [5.41, 5.74) is 2.59. The van der Waals surface area contributed by atoms with Gasteiger partial charge >= 0.3 is 0 Å². The maximum absolute atomic E-state index is 5.78. The Kier molecular flexibility index (Phi) is 12.7. The monoisotopic (exact) mass is 334 g/mol. The smallest absolute Gasteiger partial charge is 0.252 e. The summed E-state index contributed by atoms with van der Waals surface area (Å²) in [5, 5.41) is 0. The van der Waals surface area contributed by atoms with Gasteiger partial charge in [0, 0.05) is 11.1 Å². The fraction of sp³-hybridized carbons (Fsp3) is 0.773. The Morgan fingerprint density at radius 1 is 0.708 bits per heavy atom. The molecule has 0 saturated heterocycles. The minimum Gasteiger partial charge on any atom is -0.323 e. The van der Waals surface area contributed by atoms with Gasteiger partial charge in [-0.15, -0.1) is 0 Å². The van der Waals surface area contributed by atoms with Crippen LogP contribution in [0.25, 0.3) is 0 Å².